The fraction of sp³-hybridized carbons (Fsp3) is 0.286. The van der Waals surface area contributed by atoms with E-state index >= 15 is 4.39 Å². The number of nitrogens with one attached hydrogen (secondary N) is 1. The van der Waals surface area contributed by atoms with Crippen LogP contribution in [-0.4, -0.2) is 49.1 Å². The van der Waals surface area contributed by atoms with Gasteiger partial charge in [0.05, 0.1) is 22.8 Å². The van der Waals surface area contributed by atoms with Crippen molar-refractivity contribution >= 4 is 28.1 Å². The highest BCUT2D eigenvalue weighted by atomic mass is 19.1. The highest BCUT2D eigenvalue weighted by molar-refractivity contribution is 5.84. The van der Waals surface area contributed by atoms with Crippen molar-refractivity contribution in [3.63, 3.8) is 0 Å². The Morgan fingerprint density at radius 1 is 1.25 bits per heavy atom. The summed E-state index contributed by atoms with van der Waals surface area (Å²) in [5.41, 5.74) is -1.26. The molecule has 3 aromatic heterocycles. The summed E-state index contributed by atoms with van der Waals surface area (Å²) in [6, 6.07) is 4.28. The molecule has 0 spiro atoms. The number of piperidine rings is 1. The summed E-state index contributed by atoms with van der Waals surface area (Å²) < 4.78 is 35.3. The number of hydrogen-bond acceptors (Lipinski definition) is 6. The van der Waals surface area contributed by atoms with E-state index in [2.05, 4.69) is 19.9 Å². The second-order valence-corrected chi connectivity index (χ2v) is 7.77. The highest BCUT2D eigenvalue weighted by Crippen LogP contribution is 2.35. The van der Waals surface area contributed by atoms with Crippen molar-refractivity contribution in [3.8, 4) is 11.3 Å². The minimum atomic E-state index is -1.95. The van der Waals surface area contributed by atoms with E-state index in [1.807, 2.05) is 0 Å². The SMILES string of the molecule is Cc1nc2c(F)cc(-c3cc4c(=O)[nH]c(C5(F)CCN(C(=O)O)CC5)nc4cn3)cc2o1. The Morgan fingerprint density at radius 3 is 2.72 bits per heavy atom. The van der Waals surface area contributed by atoms with Crippen molar-refractivity contribution in [2.45, 2.75) is 25.4 Å². The Balaban J connectivity index is 1.53. The van der Waals surface area contributed by atoms with Gasteiger partial charge in [0.1, 0.15) is 11.3 Å². The van der Waals surface area contributed by atoms with Gasteiger partial charge in [-0.1, -0.05) is 0 Å². The van der Waals surface area contributed by atoms with Crippen LogP contribution in [0.25, 0.3) is 33.3 Å². The minimum absolute atomic E-state index is 0.0000782. The van der Waals surface area contributed by atoms with Gasteiger partial charge in [-0.05, 0) is 18.2 Å². The molecule has 9 nitrogen and oxygen atoms in total. The van der Waals surface area contributed by atoms with Gasteiger partial charge in [0.25, 0.3) is 5.56 Å². The predicted molar refractivity (Wildman–Crippen MR) is 109 cm³/mol. The fourth-order valence-electron chi connectivity index (χ4n) is 3.95. The molecule has 0 bridgehead atoms. The molecule has 4 aromatic rings. The van der Waals surface area contributed by atoms with Crippen molar-refractivity contribution in [2.24, 2.45) is 0 Å². The molecule has 2 N–H and O–H groups in total. The Kier molecular flexibility index (Phi) is 4.43. The van der Waals surface area contributed by atoms with Crippen LogP contribution in [0.4, 0.5) is 13.6 Å². The lowest BCUT2D eigenvalue weighted by Gasteiger charge is -2.34. The van der Waals surface area contributed by atoms with Gasteiger partial charge in [-0.2, -0.15) is 0 Å². The average molecular weight is 441 g/mol. The summed E-state index contributed by atoms with van der Waals surface area (Å²) in [7, 11) is 0. The standard InChI is InChI=1S/C21H17F2N5O4/c1-10-25-17-13(22)6-11(7-16(17)32-10)14-8-12-15(9-24-14)26-19(27-18(12)29)21(23)2-4-28(5-3-21)20(30)31/h6-9H,2-5H2,1H3,(H,30,31)(H,26,27,29). The van der Waals surface area contributed by atoms with Crippen LogP contribution in [-0.2, 0) is 5.67 Å². The van der Waals surface area contributed by atoms with Gasteiger partial charge in [-0.25, -0.2) is 23.5 Å². The summed E-state index contributed by atoms with van der Waals surface area (Å²) in [6.07, 6.45) is -0.0177. The average Bonchev–Trinajstić information content (AvgIpc) is 3.14. The van der Waals surface area contributed by atoms with Gasteiger partial charge in [-0.15, -0.1) is 0 Å². The molecule has 32 heavy (non-hydrogen) atoms. The number of likely N-dealkylation sites (tertiary alicyclic amines) is 1. The number of aromatic amines is 1. The van der Waals surface area contributed by atoms with Crippen molar-refractivity contribution in [1.82, 2.24) is 24.8 Å². The molecule has 0 atom stereocenters. The highest BCUT2D eigenvalue weighted by Gasteiger charge is 2.40. The molecule has 1 aromatic carbocycles. The van der Waals surface area contributed by atoms with Gasteiger partial charge in [-0.3, -0.25) is 9.78 Å². The molecule has 164 valence electrons. The zero-order valence-electron chi connectivity index (χ0n) is 16.9. The monoisotopic (exact) mass is 441 g/mol. The zero-order valence-corrected chi connectivity index (χ0v) is 16.9. The van der Waals surface area contributed by atoms with Crippen LogP contribution in [0.1, 0.15) is 24.6 Å². The molecule has 0 aliphatic carbocycles. The number of rotatable bonds is 2. The summed E-state index contributed by atoms with van der Waals surface area (Å²) in [5.74, 6) is -0.407. The summed E-state index contributed by atoms with van der Waals surface area (Å²) in [4.78, 5) is 39.9. The number of alkyl halides is 1. The summed E-state index contributed by atoms with van der Waals surface area (Å²) in [6.45, 7) is 1.61. The zero-order chi connectivity index (χ0) is 22.6. The minimum Gasteiger partial charge on any atom is -0.465 e. The second-order valence-electron chi connectivity index (χ2n) is 7.77. The maximum absolute atomic E-state index is 15.5. The fourth-order valence-corrected chi connectivity index (χ4v) is 3.95. The second kappa shape index (κ2) is 7.08. The van der Waals surface area contributed by atoms with E-state index in [0.29, 0.717) is 17.1 Å². The first-order valence-corrected chi connectivity index (χ1v) is 9.88. The number of fused-ring (bicyclic) bond motifs is 2. The number of H-pyrrole nitrogens is 1. The molecule has 0 radical (unpaired) electrons. The Bertz CT molecular complexity index is 1440. The molecular formula is C21H17F2N5O4. The molecule has 1 amide bonds. The number of halogens is 2. The van der Waals surface area contributed by atoms with Crippen LogP contribution in [0.2, 0.25) is 0 Å². The van der Waals surface area contributed by atoms with Gasteiger partial charge in [0.15, 0.2) is 23.0 Å². The molecule has 0 unspecified atom stereocenters. The number of pyridine rings is 1. The first-order chi connectivity index (χ1) is 15.2. The van der Waals surface area contributed by atoms with Gasteiger partial charge in [0.2, 0.25) is 0 Å². The topological polar surface area (TPSA) is 125 Å². The maximum atomic E-state index is 15.5. The number of benzene rings is 1. The van der Waals surface area contributed by atoms with Crippen molar-refractivity contribution in [2.75, 3.05) is 13.1 Å². The van der Waals surface area contributed by atoms with E-state index in [9.17, 15) is 14.0 Å². The summed E-state index contributed by atoms with van der Waals surface area (Å²) in [5, 5.41) is 9.22. The molecule has 5 rings (SSSR count). The number of hydrogen-bond donors (Lipinski definition) is 2. The third kappa shape index (κ3) is 3.26. The molecule has 1 saturated heterocycles. The third-order valence-electron chi connectivity index (χ3n) is 5.69. The lowest BCUT2D eigenvalue weighted by molar-refractivity contribution is 0.0487. The smallest absolute Gasteiger partial charge is 0.407 e. The number of oxazole rings is 1. The lowest BCUT2D eigenvalue weighted by atomic mass is 9.92. The number of aryl methyl sites for hydroxylation is 1. The molecule has 4 heterocycles. The van der Waals surface area contributed by atoms with Gasteiger partial charge >= 0.3 is 6.09 Å². The van der Waals surface area contributed by atoms with E-state index in [1.165, 1.54) is 18.3 Å². The van der Waals surface area contributed by atoms with E-state index in [-0.39, 0.29) is 53.8 Å². The van der Waals surface area contributed by atoms with Gasteiger partial charge < -0.3 is 19.4 Å². The van der Waals surface area contributed by atoms with Crippen LogP contribution in [0.5, 0.6) is 0 Å². The molecule has 1 aliphatic rings. The first kappa shape index (κ1) is 20.0. The first-order valence-electron chi connectivity index (χ1n) is 9.88. The largest absolute Gasteiger partial charge is 0.465 e. The molecule has 11 heteroatoms. The third-order valence-corrected chi connectivity index (χ3v) is 5.69. The number of nitrogens with zero attached hydrogens (tertiary/aromatic N) is 4. The normalized spacial score (nSPS) is 16.0. The van der Waals surface area contributed by atoms with Crippen molar-refractivity contribution in [3.05, 3.63) is 52.3 Å². The quantitative estimate of drug-likeness (QED) is 0.488. The van der Waals surface area contributed by atoms with E-state index < -0.39 is 23.1 Å². The molecular weight excluding hydrogens is 424 g/mol. The number of carboxylic acid groups (broad SMARTS) is 1. The number of carbonyl (C=O) groups is 1. The van der Waals surface area contributed by atoms with E-state index in [0.717, 1.165) is 4.90 Å². The predicted octanol–water partition coefficient (Wildman–Crippen LogP) is 3.51. The Hall–Kier alpha value is -3.89. The Morgan fingerprint density at radius 2 is 2.00 bits per heavy atom. The van der Waals surface area contributed by atoms with Crippen LogP contribution in [0.3, 0.4) is 0 Å². The molecule has 1 aliphatic heterocycles. The Labute approximate surface area is 178 Å². The van der Waals surface area contributed by atoms with Gasteiger partial charge in [0, 0.05) is 38.4 Å². The van der Waals surface area contributed by atoms with Crippen LogP contribution in [0, 0.1) is 12.7 Å². The number of amides is 1. The van der Waals surface area contributed by atoms with E-state index in [4.69, 9.17) is 9.52 Å². The van der Waals surface area contributed by atoms with Crippen molar-refractivity contribution < 1.29 is 23.1 Å². The molecule has 0 saturated carbocycles. The van der Waals surface area contributed by atoms with Crippen molar-refractivity contribution in [1.29, 1.82) is 0 Å². The van der Waals surface area contributed by atoms with E-state index in [1.54, 1.807) is 13.0 Å². The van der Waals surface area contributed by atoms with Crippen LogP contribution < -0.4 is 5.56 Å². The van der Waals surface area contributed by atoms with Crippen LogP contribution >= 0.6 is 0 Å². The lowest BCUT2D eigenvalue weighted by Crippen LogP contribution is -2.43. The summed E-state index contributed by atoms with van der Waals surface area (Å²) >= 11 is 0. The van der Waals surface area contributed by atoms with Crippen LogP contribution in [0.15, 0.2) is 33.6 Å². The number of aromatic nitrogens is 4. The maximum Gasteiger partial charge on any atom is 0.407 e. The molecule has 1 fully saturated rings.